The summed E-state index contributed by atoms with van der Waals surface area (Å²) in [7, 11) is -4.02. The summed E-state index contributed by atoms with van der Waals surface area (Å²) >= 11 is 0. The molecule has 0 saturated heterocycles. The molecule has 0 aliphatic rings. The van der Waals surface area contributed by atoms with Gasteiger partial charge in [0.2, 0.25) is 18.2 Å². The van der Waals surface area contributed by atoms with Gasteiger partial charge in [0.1, 0.15) is 5.85 Å². The first-order valence-electron chi connectivity index (χ1n) is 19.5. The van der Waals surface area contributed by atoms with Gasteiger partial charge in [0.25, 0.3) is 0 Å². The number of aliphatic hydroxyl groups is 1. The Bertz CT molecular complexity index is 648. The Labute approximate surface area is 274 Å². The summed E-state index contributed by atoms with van der Waals surface area (Å²) in [6, 6.07) is 0. The molecule has 0 aromatic carbocycles. The lowest BCUT2D eigenvalue weighted by molar-refractivity contribution is -0.115. The molecule has 0 aliphatic heterocycles. The van der Waals surface area contributed by atoms with Gasteiger partial charge in [-0.25, -0.2) is 0 Å². The van der Waals surface area contributed by atoms with E-state index in [0.29, 0.717) is 12.8 Å². The molecule has 44 heavy (non-hydrogen) atoms. The smallest absolute Gasteiger partial charge is 0.239 e. The minimum absolute atomic E-state index is 0.108. The summed E-state index contributed by atoms with van der Waals surface area (Å²) in [5.41, 5.74) is 4.46. The number of nitrogens with two attached hydrogens (primary N) is 1. The summed E-state index contributed by atoms with van der Waals surface area (Å²) in [4.78, 5) is 25.8. The molecule has 6 heteroatoms. The van der Waals surface area contributed by atoms with Gasteiger partial charge in [0.15, 0.2) is 0 Å². The monoisotopic (exact) mass is 642 g/mol. The molecule has 0 bridgehead atoms. The molecule has 3 N–H and O–H groups in total. The fourth-order valence-electron chi connectivity index (χ4n) is 6.25. The van der Waals surface area contributed by atoms with E-state index in [1.54, 1.807) is 0 Å². The molecule has 0 aliphatic carbocycles. The molecule has 0 saturated carbocycles. The van der Waals surface area contributed by atoms with E-state index in [1.165, 1.54) is 141 Å². The van der Waals surface area contributed by atoms with Crippen molar-refractivity contribution in [2.75, 3.05) is 6.54 Å². The zero-order valence-corrected chi connectivity index (χ0v) is 30.5. The standard InChI is InChI=1S/C38H76NO4P/c1-3-5-7-9-11-13-15-17-19-21-23-25-27-29-31-33-36(40)44(43,38(42)35-39)37(41)34-32-30-28-26-24-22-20-18-16-14-12-10-8-6-4-2/h38,42H,3-35,39H2,1-2H3. The summed E-state index contributed by atoms with van der Waals surface area (Å²) in [6.45, 7) is 4.21. The number of hydrogen-bond donors (Lipinski definition) is 2. The Morgan fingerprint density at radius 1 is 0.455 bits per heavy atom. The van der Waals surface area contributed by atoms with Crippen LogP contribution in [0.1, 0.15) is 219 Å². The van der Waals surface area contributed by atoms with Crippen LogP contribution >= 0.6 is 7.14 Å². The first kappa shape index (κ1) is 43.5. The normalized spacial score (nSPS) is 12.5. The van der Waals surface area contributed by atoms with Gasteiger partial charge in [-0.2, -0.15) is 0 Å². The predicted molar refractivity (Wildman–Crippen MR) is 192 cm³/mol. The topological polar surface area (TPSA) is 97.5 Å². The Morgan fingerprint density at radius 2 is 0.659 bits per heavy atom. The third-order valence-corrected chi connectivity index (χ3v) is 12.3. The van der Waals surface area contributed by atoms with Crippen LogP contribution in [0.5, 0.6) is 0 Å². The largest absolute Gasteiger partial charge is 0.383 e. The number of unbranched alkanes of at least 4 members (excludes halogenated alkanes) is 28. The predicted octanol–water partition coefficient (Wildman–Crippen LogP) is 12.2. The lowest BCUT2D eigenvalue weighted by atomic mass is 10.0. The van der Waals surface area contributed by atoms with Crippen molar-refractivity contribution in [3.05, 3.63) is 0 Å². The van der Waals surface area contributed by atoms with Crippen molar-refractivity contribution in [3.8, 4) is 0 Å². The molecule has 1 atom stereocenters. The van der Waals surface area contributed by atoms with Crippen LogP contribution in [0.3, 0.4) is 0 Å². The van der Waals surface area contributed by atoms with Crippen molar-refractivity contribution in [1.82, 2.24) is 0 Å². The lowest BCUT2D eigenvalue weighted by Gasteiger charge is -2.20. The van der Waals surface area contributed by atoms with Crippen molar-refractivity contribution < 1.29 is 19.3 Å². The first-order valence-corrected chi connectivity index (χ1v) is 21.3. The van der Waals surface area contributed by atoms with Crippen LogP contribution in [0, 0.1) is 0 Å². The van der Waals surface area contributed by atoms with Crippen molar-refractivity contribution in [2.24, 2.45) is 5.73 Å². The zero-order chi connectivity index (χ0) is 32.6. The molecule has 0 aromatic heterocycles. The van der Waals surface area contributed by atoms with Crippen molar-refractivity contribution in [1.29, 1.82) is 0 Å². The molecule has 0 spiro atoms. The molecule has 0 heterocycles. The Balaban J connectivity index is 3.92. The van der Waals surface area contributed by atoms with E-state index in [-0.39, 0.29) is 19.4 Å². The van der Waals surface area contributed by atoms with E-state index in [9.17, 15) is 19.3 Å². The molecule has 0 amide bonds. The van der Waals surface area contributed by atoms with Crippen LogP contribution in [0.4, 0.5) is 0 Å². The Morgan fingerprint density at radius 3 is 0.864 bits per heavy atom. The van der Waals surface area contributed by atoms with Crippen LogP contribution in [0.2, 0.25) is 0 Å². The summed E-state index contributed by atoms with van der Waals surface area (Å²) in [5.74, 6) is -1.53. The van der Waals surface area contributed by atoms with Gasteiger partial charge in [-0.3, -0.25) is 9.59 Å². The number of aliphatic hydroxyl groups excluding tert-OH is 1. The molecule has 0 fully saturated rings. The average molecular weight is 642 g/mol. The second-order valence-corrected chi connectivity index (χ2v) is 16.5. The highest BCUT2D eigenvalue weighted by Crippen LogP contribution is 2.53. The maximum atomic E-state index is 13.5. The Kier molecular flexibility index (Phi) is 32.1. The van der Waals surface area contributed by atoms with E-state index in [4.69, 9.17) is 5.73 Å². The fourth-order valence-corrected chi connectivity index (χ4v) is 8.47. The molecule has 0 radical (unpaired) electrons. The Hall–Kier alpha value is -0.510. The molecule has 0 aromatic rings. The van der Waals surface area contributed by atoms with Gasteiger partial charge in [-0.1, -0.05) is 194 Å². The van der Waals surface area contributed by atoms with Gasteiger partial charge >= 0.3 is 0 Å². The van der Waals surface area contributed by atoms with Crippen LogP contribution in [0.15, 0.2) is 0 Å². The van der Waals surface area contributed by atoms with Crippen molar-refractivity contribution >= 4 is 18.2 Å². The van der Waals surface area contributed by atoms with E-state index in [0.717, 1.165) is 38.5 Å². The molecule has 5 nitrogen and oxygen atoms in total. The zero-order valence-electron chi connectivity index (χ0n) is 29.6. The van der Waals surface area contributed by atoms with E-state index in [1.807, 2.05) is 0 Å². The van der Waals surface area contributed by atoms with Gasteiger partial charge in [0, 0.05) is 19.4 Å². The first-order chi connectivity index (χ1) is 21.4. The summed E-state index contributed by atoms with van der Waals surface area (Å²) < 4.78 is 13.5. The fraction of sp³-hybridized carbons (Fsp3) is 0.947. The highest BCUT2D eigenvalue weighted by Gasteiger charge is 2.44. The molecule has 0 rings (SSSR count). The van der Waals surface area contributed by atoms with Crippen LogP contribution in [-0.2, 0) is 14.2 Å². The number of carbonyl (C=O) groups excluding carboxylic acids is 2. The minimum Gasteiger partial charge on any atom is -0.383 e. The molecule has 262 valence electrons. The van der Waals surface area contributed by atoms with Gasteiger partial charge < -0.3 is 15.4 Å². The van der Waals surface area contributed by atoms with E-state index < -0.39 is 24.0 Å². The maximum Gasteiger partial charge on any atom is 0.239 e. The molecule has 1 unspecified atom stereocenters. The van der Waals surface area contributed by atoms with E-state index in [2.05, 4.69) is 13.8 Å². The summed E-state index contributed by atoms with van der Waals surface area (Å²) in [6.07, 6.45) is 37.2. The van der Waals surface area contributed by atoms with Gasteiger partial charge in [0.05, 0.1) is 0 Å². The van der Waals surface area contributed by atoms with E-state index >= 15 is 0 Å². The molecular weight excluding hydrogens is 565 g/mol. The van der Waals surface area contributed by atoms with Crippen molar-refractivity contribution in [3.63, 3.8) is 0 Å². The SMILES string of the molecule is CCCCCCCCCCCCCCCCCC(=O)P(=O)(C(=O)CCCCCCCCCCCCCCCCC)C(O)CN. The quantitative estimate of drug-likeness (QED) is 0.0524. The number of carbonyl (C=O) groups is 2. The van der Waals surface area contributed by atoms with Gasteiger partial charge in [-0.15, -0.1) is 0 Å². The highest BCUT2D eigenvalue weighted by atomic mass is 31.2. The third-order valence-electron chi connectivity index (χ3n) is 9.36. The number of rotatable bonds is 36. The summed E-state index contributed by atoms with van der Waals surface area (Å²) in [5, 5.41) is 10.3. The van der Waals surface area contributed by atoms with Gasteiger partial charge in [-0.05, 0) is 12.8 Å². The lowest BCUT2D eigenvalue weighted by Crippen LogP contribution is -2.27. The maximum absolute atomic E-state index is 13.5. The third kappa shape index (κ3) is 23.8. The number of hydrogen-bond acceptors (Lipinski definition) is 5. The van der Waals surface area contributed by atoms with Crippen LogP contribution in [0.25, 0.3) is 0 Å². The second kappa shape index (κ2) is 32.4. The van der Waals surface area contributed by atoms with Crippen LogP contribution < -0.4 is 5.73 Å². The van der Waals surface area contributed by atoms with Crippen LogP contribution in [-0.4, -0.2) is 28.5 Å². The average Bonchev–Trinajstić information content (AvgIpc) is 3.03. The second-order valence-electron chi connectivity index (χ2n) is 13.6. The highest BCUT2D eigenvalue weighted by molar-refractivity contribution is 7.94. The minimum atomic E-state index is -4.02. The molecular formula is C38H76NO4P. The van der Waals surface area contributed by atoms with Crippen molar-refractivity contribution in [2.45, 2.75) is 225 Å².